The number of nitro groups is 1. The van der Waals surface area contributed by atoms with E-state index < -0.39 is 34.1 Å². The largest absolute Gasteiger partial charge is 0.478 e. The number of carboxylic acid groups (broad SMARTS) is 1. The van der Waals surface area contributed by atoms with Crippen LogP contribution in [-0.2, 0) is 0 Å². The van der Waals surface area contributed by atoms with Crippen LogP contribution >= 0.6 is 0 Å². The zero-order chi connectivity index (χ0) is 11.6. The van der Waals surface area contributed by atoms with Gasteiger partial charge in [-0.15, -0.1) is 0 Å². The smallest absolute Gasteiger partial charge is 0.335 e. The molecule has 15 heavy (non-hydrogen) atoms. The standard InChI is InChI=1S/C8H5F2NO4/c9-7(10)4-1-5(8(12)13)3-6(2-4)11(14)15/h1-3,7H,(H,12,13). The quantitative estimate of drug-likeness (QED) is 0.621. The minimum atomic E-state index is -2.94. The summed E-state index contributed by atoms with van der Waals surface area (Å²) in [6.45, 7) is 0. The Kier molecular flexibility index (Phi) is 2.93. The Balaban J connectivity index is 3.32. The van der Waals surface area contributed by atoms with Crippen LogP contribution < -0.4 is 0 Å². The zero-order valence-electron chi connectivity index (χ0n) is 7.18. The number of alkyl halides is 2. The highest BCUT2D eigenvalue weighted by Gasteiger charge is 2.17. The number of nitrogens with zero attached hydrogens (tertiary/aromatic N) is 1. The Hall–Kier alpha value is -2.05. The maximum Gasteiger partial charge on any atom is 0.335 e. The van der Waals surface area contributed by atoms with Crippen LogP contribution in [0.3, 0.4) is 0 Å². The number of carbonyl (C=O) groups is 1. The molecule has 0 heterocycles. The lowest BCUT2D eigenvalue weighted by atomic mass is 10.1. The number of hydrogen-bond donors (Lipinski definition) is 1. The molecule has 0 aliphatic heterocycles. The molecule has 0 radical (unpaired) electrons. The molecule has 1 aromatic rings. The summed E-state index contributed by atoms with van der Waals surface area (Å²) in [6.07, 6.45) is -2.94. The van der Waals surface area contributed by atoms with E-state index in [2.05, 4.69) is 0 Å². The Morgan fingerprint density at radius 1 is 1.40 bits per heavy atom. The fourth-order valence-electron chi connectivity index (χ4n) is 0.990. The highest BCUT2D eigenvalue weighted by atomic mass is 19.3. The van der Waals surface area contributed by atoms with Gasteiger partial charge >= 0.3 is 5.97 Å². The van der Waals surface area contributed by atoms with Crippen LogP contribution in [0.15, 0.2) is 18.2 Å². The van der Waals surface area contributed by atoms with Crippen molar-refractivity contribution < 1.29 is 23.6 Å². The highest BCUT2D eigenvalue weighted by Crippen LogP contribution is 2.25. The monoisotopic (exact) mass is 217 g/mol. The number of aromatic carboxylic acids is 1. The second kappa shape index (κ2) is 3.99. The van der Waals surface area contributed by atoms with Crippen LogP contribution in [-0.4, -0.2) is 16.0 Å². The van der Waals surface area contributed by atoms with Crippen LogP contribution in [0.25, 0.3) is 0 Å². The summed E-state index contributed by atoms with van der Waals surface area (Å²) in [4.78, 5) is 19.9. The number of carboxylic acids is 1. The van der Waals surface area contributed by atoms with Gasteiger partial charge in [-0.1, -0.05) is 0 Å². The van der Waals surface area contributed by atoms with Gasteiger partial charge in [-0.05, 0) is 6.07 Å². The number of non-ortho nitro benzene ring substituents is 1. The lowest BCUT2D eigenvalue weighted by Gasteiger charge is -2.01. The Labute approximate surface area is 82.1 Å². The van der Waals surface area contributed by atoms with Crippen molar-refractivity contribution in [2.45, 2.75) is 6.43 Å². The minimum absolute atomic E-state index is 0.528. The number of rotatable bonds is 3. The Morgan fingerprint density at radius 2 is 2.00 bits per heavy atom. The van der Waals surface area contributed by atoms with Gasteiger partial charge < -0.3 is 5.11 Å². The van der Waals surface area contributed by atoms with Crippen molar-refractivity contribution in [3.05, 3.63) is 39.4 Å². The summed E-state index contributed by atoms with van der Waals surface area (Å²) in [5.74, 6) is -1.49. The molecule has 80 valence electrons. The van der Waals surface area contributed by atoms with E-state index in [4.69, 9.17) is 5.11 Å². The molecule has 0 amide bonds. The number of benzene rings is 1. The van der Waals surface area contributed by atoms with Gasteiger partial charge in [0.2, 0.25) is 0 Å². The molecule has 0 atom stereocenters. The zero-order valence-corrected chi connectivity index (χ0v) is 7.18. The van der Waals surface area contributed by atoms with Crippen molar-refractivity contribution in [3.63, 3.8) is 0 Å². The lowest BCUT2D eigenvalue weighted by Crippen LogP contribution is -2.00. The molecular weight excluding hydrogens is 212 g/mol. The minimum Gasteiger partial charge on any atom is -0.478 e. The summed E-state index contributed by atoms with van der Waals surface area (Å²) in [7, 11) is 0. The van der Waals surface area contributed by atoms with Crippen molar-refractivity contribution >= 4 is 11.7 Å². The molecule has 0 fully saturated rings. The molecular formula is C8H5F2NO4. The van der Waals surface area contributed by atoms with Gasteiger partial charge in [0.25, 0.3) is 12.1 Å². The second-order valence-electron chi connectivity index (χ2n) is 2.68. The van der Waals surface area contributed by atoms with Gasteiger partial charge in [0.1, 0.15) is 0 Å². The molecule has 5 nitrogen and oxygen atoms in total. The van der Waals surface area contributed by atoms with Crippen LogP contribution in [0.4, 0.5) is 14.5 Å². The fraction of sp³-hybridized carbons (Fsp3) is 0.125. The Morgan fingerprint density at radius 3 is 2.40 bits per heavy atom. The lowest BCUT2D eigenvalue weighted by molar-refractivity contribution is -0.385. The first-order chi connectivity index (χ1) is 6.91. The second-order valence-corrected chi connectivity index (χ2v) is 2.68. The molecule has 1 aromatic carbocycles. The molecule has 0 aromatic heterocycles. The molecule has 0 spiro atoms. The molecule has 0 bridgehead atoms. The SMILES string of the molecule is O=C(O)c1cc(C(F)F)cc([N+](=O)[O-])c1. The van der Waals surface area contributed by atoms with Gasteiger partial charge in [0, 0.05) is 17.7 Å². The van der Waals surface area contributed by atoms with Crippen molar-refractivity contribution in [1.82, 2.24) is 0 Å². The topological polar surface area (TPSA) is 80.4 Å². The highest BCUT2D eigenvalue weighted by molar-refractivity contribution is 5.88. The summed E-state index contributed by atoms with van der Waals surface area (Å²) >= 11 is 0. The third kappa shape index (κ3) is 2.46. The third-order valence-corrected chi connectivity index (χ3v) is 1.65. The molecule has 1 N–H and O–H groups in total. The molecule has 1 rings (SSSR count). The van der Waals surface area contributed by atoms with E-state index >= 15 is 0 Å². The number of hydrogen-bond acceptors (Lipinski definition) is 3. The first-order valence-electron chi connectivity index (χ1n) is 3.72. The average Bonchev–Trinajstić information content (AvgIpc) is 2.16. The van der Waals surface area contributed by atoms with Gasteiger partial charge in [-0.2, -0.15) is 0 Å². The van der Waals surface area contributed by atoms with E-state index in [0.29, 0.717) is 12.1 Å². The van der Waals surface area contributed by atoms with Gasteiger partial charge in [-0.3, -0.25) is 10.1 Å². The first-order valence-corrected chi connectivity index (χ1v) is 3.72. The Bertz CT molecular complexity index is 387. The van der Waals surface area contributed by atoms with Crippen molar-refractivity contribution in [2.24, 2.45) is 0 Å². The van der Waals surface area contributed by atoms with Crippen molar-refractivity contribution in [1.29, 1.82) is 0 Å². The molecule has 0 aliphatic rings. The van der Waals surface area contributed by atoms with E-state index in [9.17, 15) is 23.7 Å². The van der Waals surface area contributed by atoms with Crippen molar-refractivity contribution in [2.75, 3.05) is 0 Å². The van der Waals surface area contributed by atoms with Crippen LogP contribution in [0.2, 0.25) is 0 Å². The molecule has 0 saturated heterocycles. The van der Waals surface area contributed by atoms with E-state index in [1.54, 1.807) is 0 Å². The van der Waals surface area contributed by atoms with Crippen molar-refractivity contribution in [3.8, 4) is 0 Å². The summed E-state index contributed by atoms with van der Waals surface area (Å²) in [6, 6.07) is 2.09. The predicted octanol–water partition coefficient (Wildman–Crippen LogP) is 2.23. The normalized spacial score (nSPS) is 10.3. The van der Waals surface area contributed by atoms with Crippen LogP contribution in [0.1, 0.15) is 22.3 Å². The van der Waals surface area contributed by atoms with E-state index in [1.165, 1.54) is 0 Å². The first kappa shape index (κ1) is 11.0. The molecule has 0 unspecified atom stereocenters. The van der Waals surface area contributed by atoms with Gasteiger partial charge in [0.15, 0.2) is 0 Å². The predicted molar refractivity (Wildman–Crippen MR) is 45.0 cm³/mol. The molecule has 7 heteroatoms. The molecule has 0 aliphatic carbocycles. The van der Waals surface area contributed by atoms with Crippen LogP contribution in [0, 0.1) is 10.1 Å². The third-order valence-electron chi connectivity index (χ3n) is 1.65. The van der Waals surface area contributed by atoms with Gasteiger partial charge in [0.05, 0.1) is 10.5 Å². The fourth-order valence-corrected chi connectivity index (χ4v) is 0.990. The van der Waals surface area contributed by atoms with Crippen LogP contribution in [0.5, 0.6) is 0 Å². The summed E-state index contributed by atoms with van der Waals surface area (Å²) < 4.78 is 24.5. The van der Waals surface area contributed by atoms with E-state index in [1.807, 2.05) is 0 Å². The number of nitro benzene ring substituents is 1. The van der Waals surface area contributed by atoms with E-state index in [-0.39, 0.29) is 0 Å². The summed E-state index contributed by atoms with van der Waals surface area (Å²) in [5.41, 5.74) is -1.87. The maximum absolute atomic E-state index is 12.2. The summed E-state index contributed by atoms with van der Waals surface area (Å²) in [5, 5.41) is 18.8. The van der Waals surface area contributed by atoms with Gasteiger partial charge in [-0.25, -0.2) is 13.6 Å². The number of halogens is 2. The average molecular weight is 217 g/mol. The molecule has 0 saturated carbocycles. The maximum atomic E-state index is 12.2. The van der Waals surface area contributed by atoms with E-state index in [0.717, 1.165) is 6.07 Å².